The third-order valence-electron chi connectivity index (χ3n) is 2.62. The van der Waals surface area contributed by atoms with Crippen molar-refractivity contribution in [3.8, 4) is 5.82 Å². The molecule has 0 fully saturated rings. The molecule has 0 spiro atoms. The van der Waals surface area contributed by atoms with Crippen molar-refractivity contribution < 1.29 is 14.3 Å². The van der Waals surface area contributed by atoms with Crippen LogP contribution in [0.3, 0.4) is 0 Å². The van der Waals surface area contributed by atoms with Crippen LogP contribution in [-0.4, -0.2) is 46.5 Å². The van der Waals surface area contributed by atoms with E-state index in [1.807, 2.05) is 0 Å². The van der Waals surface area contributed by atoms with E-state index in [1.165, 1.54) is 10.9 Å². The smallest absolute Gasteiger partial charge is 0.341 e. The first-order valence-electron chi connectivity index (χ1n) is 6.44. The van der Waals surface area contributed by atoms with Crippen molar-refractivity contribution in [1.82, 2.24) is 19.7 Å². The van der Waals surface area contributed by atoms with E-state index in [2.05, 4.69) is 20.4 Å². The zero-order chi connectivity index (χ0) is 15.2. The first kappa shape index (κ1) is 14.9. The van der Waals surface area contributed by atoms with Gasteiger partial charge >= 0.3 is 5.97 Å². The number of hydrogen-bond donors (Lipinski definition) is 1. The van der Waals surface area contributed by atoms with Crippen molar-refractivity contribution in [3.05, 3.63) is 29.8 Å². The number of carbonyl (C=O) groups excluding carboxylic acids is 1. The monoisotopic (exact) mass is 291 g/mol. The molecule has 1 N–H and O–H groups in total. The van der Waals surface area contributed by atoms with Crippen LogP contribution >= 0.6 is 0 Å². The molecule has 0 aliphatic carbocycles. The first-order valence-corrected chi connectivity index (χ1v) is 6.44. The molecule has 0 unspecified atom stereocenters. The number of methoxy groups -OCH3 is 1. The van der Waals surface area contributed by atoms with E-state index >= 15 is 0 Å². The molecule has 0 aliphatic rings. The highest BCUT2D eigenvalue weighted by Gasteiger charge is 2.12. The van der Waals surface area contributed by atoms with Crippen molar-refractivity contribution in [2.45, 2.75) is 13.5 Å². The Morgan fingerprint density at radius 2 is 2.24 bits per heavy atom. The van der Waals surface area contributed by atoms with Crippen LogP contribution in [0.2, 0.25) is 0 Å². The summed E-state index contributed by atoms with van der Waals surface area (Å²) in [5.41, 5.74) is 0.370. The fourth-order valence-corrected chi connectivity index (χ4v) is 1.69. The molecule has 0 aliphatic heterocycles. The Hall–Kier alpha value is -2.48. The largest absolute Gasteiger partial charge is 0.462 e. The van der Waals surface area contributed by atoms with Crippen molar-refractivity contribution in [2.75, 3.05) is 26.1 Å². The minimum Gasteiger partial charge on any atom is -0.462 e. The van der Waals surface area contributed by atoms with Crippen LogP contribution < -0.4 is 5.32 Å². The molecule has 2 heterocycles. The number of esters is 1. The first-order chi connectivity index (χ1) is 10.2. The number of aromatic nitrogens is 4. The zero-order valence-electron chi connectivity index (χ0n) is 12.2. The van der Waals surface area contributed by atoms with E-state index in [1.54, 1.807) is 33.3 Å². The Morgan fingerprint density at radius 1 is 1.43 bits per heavy atom. The molecule has 0 saturated carbocycles. The molecule has 21 heavy (non-hydrogen) atoms. The van der Waals surface area contributed by atoms with E-state index in [9.17, 15) is 4.79 Å². The Kier molecular flexibility index (Phi) is 4.83. The van der Waals surface area contributed by atoms with Gasteiger partial charge in [-0.05, 0) is 6.92 Å². The van der Waals surface area contributed by atoms with Crippen LogP contribution in [0.4, 0.5) is 5.82 Å². The molecule has 2 aromatic rings. The molecule has 8 nitrogen and oxygen atoms in total. The topological polar surface area (TPSA) is 91.2 Å². The van der Waals surface area contributed by atoms with Gasteiger partial charge < -0.3 is 14.8 Å². The summed E-state index contributed by atoms with van der Waals surface area (Å²) >= 11 is 0. The summed E-state index contributed by atoms with van der Waals surface area (Å²) < 4.78 is 11.5. The van der Waals surface area contributed by atoms with Gasteiger partial charge in [0, 0.05) is 26.4 Å². The average molecular weight is 291 g/mol. The van der Waals surface area contributed by atoms with Gasteiger partial charge in [0.2, 0.25) is 0 Å². The maximum Gasteiger partial charge on any atom is 0.341 e. The second kappa shape index (κ2) is 6.80. The molecule has 0 atom stereocenters. The Bertz CT molecular complexity index is 626. The van der Waals surface area contributed by atoms with Gasteiger partial charge in [0.05, 0.1) is 18.4 Å². The molecule has 0 amide bonds. The fourth-order valence-electron chi connectivity index (χ4n) is 1.69. The number of nitrogens with one attached hydrogen (secondary N) is 1. The van der Waals surface area contributed by atoms with Crippen LogP contribution in [0.1, 0.15) is 23.1 Å². The second-order valence-electron chi connectivity index (χ2n) is 4.10. The Labute approximate surface area is 122 Å². The van der Waals surface area contributed by atoms with Crippen LogP contribution in [0.5, 0.6) is 0 Å². The predicted molar refractivity (Wildman–Crippen MR) is 75.4 cm³/mol. The highest BCUT2D eigenvalue weighted by atomic mass is 16.5. The van der Waals surface area contributed by atoms with Crippen LogP contribution in [-0.2, 0) is 16.1 Å². The highest BCUT2D eigenvalue weighted by molar-refractivity contribution is 5.88. The molecule has 8 heteroatoms. The molecule has 0 saturated heterocycles. The summed E-state index contributed by atoms with van der Waals surface area (Å²) in [7, 11) is 3.33. The molecule has 0 bridgehead atoms. The summed E-state index contributed by atoms with van der Waals surface area (Å²) in [6, 6.07) is 1.72. The lowest BCUT2D eigenvalue weighted by atomic mass is 10.4. The fraction of sp³-hybridized carbons (Fsp3) is 0.385. The minimum absolute atomic E-state index is 0.286. The molecule has 112 valence electrons. The highest BCUT2D eigenvalue weighted by Crippen LogP contribution is 2.12. The maximum absolute atomic E-state index is 11.6. The third-order valence-corrected chi connectivity index (χ3v) is 2.62. The van der Waals surface area contributed by atoms with Crippen molar-refractivity contribution in [3.63, 3.8) is 0 Å². The summed E-state index contributed by atoms with van der Waals surface area (Å²) in [6.45, 7) is 2.36. The number of nitrogens with zero attached hydrogens (tertiary/aromatic N) is 4. The summed E-state index contributed by atoms with van der Waals surface area (Å²) in [4.78, 5) is 20.2. The summed E-state index contributed by atoms with van der Waals surface area (Å²) in [6.07, 6.45) is 3.01. The summed E-state index contributed by atoms with van der Waals surface area (Å²) in [5.74, 6) is 1.29. The van der Waals surface area contributed by atoms with E-state index in [4.69, 9.17) is 9.47 Å². The number of anilines is 1. The number of carbonyl (C=O) groups is 1. The zero-order valence-corrected chi connectivity index (χ0v) is 12.2. The molecule has 2 aromatic heterocycles. The lowest BCUT2D eigenvalue weighted by Gasteiger charge is -2.07. The molecule has 2 rings (SSSR count). The SMILES string of the molecule is CCOC(=O)c1cnn(-c2cc(NC)nc(COC)n2)c1. The Morgan fingerprint density at radius 3 is 2.90 bits per heavy atom. The van der Waals surface area contributed by atoms with Gasteiger partial charge in [-0.1, -0.05) is 0 Å². The number of hydrogen-bond acceptors (Lipinski definition) is 7. The molecular formula is C13H17N5O3. The van der Waals surface area contributed by atoms with Gasteiger partial charge in [-0.2, -0.15) is 5.10 Å². The summed E-state index contributed by atoms with van der Waals surface area (Å²) in [5, 5.41) is 7.07. The number of ether oxygens (including phenoxy) is 2. The van der Waals surface area contributed by atoms with Gasteiger partial charge in [0.25, 0.3) is 0 Å². The van der Waals surface area contributed by atoms with Crippen molar-refractivity contribution in [1.29, 1.82) is 0 Å². The van der Waals surface area contributed by atoms with Crippen LogP contribution in [0, 0.1) is 0 Å². The lowest BCUT2D eigenvalue weighted by Crippen LogP contribution is -2.07. The van der Waals surface area contributed by atoms with Gasteiger partial charge in [0.15, 0.2) is 11.6 Å². The van der Waals surface area contributed by atoms with E-state index in [0.29, 0.717) is 29.6 Å². The van der Waals surface area contributed by atoms with Crippen LogP contribution in [0.15, 0.2) is 18.5 Å². The lowest BCUT2D eigenvalue weighted by molar-refractivity contribution is 0.0526. The van der Waals surface area contributed by atoms with Gasteiger partial charge in [-0.15, -0.1) is 0 Å². The standard InChI is InChI=1S/C13H17N5O3/c1-4-21-13(19)9-6-15-18(7-9)12-5-10(14-2)16-11(17-12)8-20-3/h5-7H,4,8H2,1-3H3,(H,14,16,17). The average Bonchev–Trinajstić information content (AvgIpc) is 2.97. The quantitative estimate of drug-likeness (QED) is 0.795. The van der Waals surface area contributed by atoms with Gasteiger partial charge in [-0.25, -0.2) is 19.4 Å². The van der Waals surface area contributed by atoms with E-state index < -0.39 is 5.97 Å². The van der Waals surface area contributed by atoms with Gasteiger partial charge in [-0.3, -0.25) is 0 Å². The van der Waals surface area contributed by atoms with E-state index in [-0.39, 0.29) is 6.61 Å². The number of rotatable bonds is 6. The van der Waals surface area contributed by atoms with Crippen LogP contribution in [0.25, 0.3) is 5.82 Å². The second-order valence-corrected chi connectivity index (χ2v) is 4.10. The maximum atomic E-state index is 11.6. The predicted octanol–water partition coefficient (Wildman–Crippen LogP) is 1.03. The molecule has 0 radical (unpaired) electrons. The van der Waals surface area contributed by atoms with Crippen molar-refractivity contribution >= 4 is 11.8 Å². The van der Waals surface area contributed by atoms with Crippen molar-refractivity contribution in [2.24, 2.45) is 0 Å². The minimum atomic E-state index is -0.413. The third kappa shape index (κ3) is 3.54. The molecule has 0 aromatic carbocycles. The van der Waals surface area contributed by atoms with Gasteiger partial charge in [0.1, 0.15) is 12.4 Å². The van der Waals surface area contributed by atoms with E-state index in [0.717, 1.165) is 0 Å². The normalized spacial score (nSPS) is 10.4. The molecular weight excluding hydrogens is 274 g/mol. The Balaban J connectivity index is 2.32.